The lowest BCUT2D eigenvalue weighted by Gasteiger charge is -2.27. The lowest BCUT2D eigenvalue weighted by Crippen LogP contribution is -2.47. The van der Waals surface area contributed by atoms with E-state index >= 15 is 0 Å². The van der Waals surface area contributed by atoms with Crippen molar-refractivity contribution < 1.29 is 37.3 Å². The van der Waals surface area contributed by atoms with Crippen molar-refractivity contribution in [3.05, 3.63) is 60.8 Å². The van der Waals surface area contributed by atoms with Gasteiger partial charge in [0.25, 0.3) is 0 Å². The van der Waals surface area contributed by atoms with E-state index in [1.165, 1.54) is 148 Å². The minimum atomic E-state index is -4.45. The fourth-order valence-electron chi connectivity index (χ4n) is 8.69. The third-order valence-electron chi connectivity index (χ3n) is 13.5. The highest BCUT2D eigenvalue weighted by atomic mass is 31.2. The number of quaternary nitrogens is 1. The Morgan fingerprint density at radius 2 is 0.836 bits per heavy atom. The molecule has 0 heterocycles. The molecule has 0 fully saturated rings. The van der Waals surface area contributed by atoms with Crippen molar-refractivity contribution in [3.63, 3.8) is 0 Å². The number of allylic oxidation sites excluding steroid dienone is 9. The number of amides is 1. The van der Waals surface area contributed by atoms with Crippen LogP contribution in [-0.4, -0.2) is 74.3 Å². The molecule has 10 heteroatoms. The van der Waals surface area contributed by atoms with Gasteiger partial charge >= 0.3 is 13.8 Å². The Morgan fingerprint density at radius 3 is 1.27 bits per heavy atom. The van der Waals surface area contributed by atoms with Gasteiger partial charge in [-0.2, -0.15) is 0 Å². The Kier molecular flexibility index (Phi) is 51.5. The molecular weight excluding hydrogens is 928 g/mol. The molecule has 426 valence electrons. The van der Waals surface area contributed by atoms with Gasteiger partial charge in [-0.1, -0.05) is 249 Å². The number of hydrogen-bond acceptors (Lipinski definition) is 6. The molecule has 0 spiro atoms. The topological polar surface area (TPSA) is 111 Å². The van der Waals surface area contributed by atoms with Crippen LogP contribution < -0.4 is 5.32 Å². The SMILES string of the molecule is CCCCC/C=C\C/C=C\C/C=C\C/C=C\CCCCCCCC(=O)OC(/C=C/CCCCCCCCCCCCC)C(COP(=O)(O)OCC[N+](C)(C)C)NC(=O)CCCCCCCCCCCCCCC. The number of phosphoric ester groups is 1. The lowest BCUT2D eigenvalue weighted by atomic mass is 10.0. The van der Waals surface area contributed by atoms with Crippen molar-refractivity contribution in [3.8, 4) is 0 Å². The molecule has 1 amide bonds. The molecule has 9 nitrogen and oxygen atoms in total. The Balaban J connectivity index is 5.31. The number of nitrogens with one attached hydrogen (secondary N) is 1. The van der Waals surface area contributed by atoms with E-state index in [4.69, 9.17) is 13.8 Å². The minimum Gasteiger partial charge on any atom is -0.456 e. The molecule has 0 saturated carbocycles. The molecule has 0 radical (unpaired) electrons. The van der Waals surface area contributed by atoms with Crippen molar-refractivity contribution >= 4 is 19.7 Å². The first-order valence-electron chi connectivity index (χ1n) is 30.6. The molecule has 2 N–H and O–H groups in total. The van der Waals surface area contributed by atoms with Gasteiger partial charge in [0.1, 0.15) is 19.3 Å². The van der Waals surface area contributed by atoms with E-state index in [-0.39, 0.29) is 31.5 Å². The molecule has 73 heavy (non-hydrogen) atoms. The second kappa shape index (κ2) is 53.1. The van der Waals surface area contributed by atoms with Gasteiger partial charge in [-0.25, -0.2) is 4.57 Å². The van der Waals surface area contributed by atoms with Crippen LogP contribution in [0.2, 0.25) is 0 Å². The van der Waals surface area contributed by atoms with Gasteiger partial charge < -0.3 is 19.4 Å². The maximum atomic E-state index is 13.5. The van der Waals surface area contributed by atoms with Crippen molar-refractivity contribution in [1.29, 1.82) is 0 Å². The number of likely N-dealkylation sites (N-methyl/N-ethyl adjacent to an activating group) is 1. The number of carbonyl (C=O) groups is 2. The smallest absolute Gasteiger partial charge is 0.456 e. The normalized spacial score (nSPS) is 14.1. The molecule has 0 bridgehead atoms. The zero-order valence-electron chi connectivity index (χ0n) is 48.6. The highest BCUT2D eigenvalue weighted by molar-refractivity contribution is 7.47. The van der Waals surface area contributed by atoms with E-state index in [9.17, 15) is 19.0 Å². The van der Waals surface area contributed by atoms with Crippen molar-refractivity contribution in [2.75, 3.05) is 40.9 Å². The second-order valence-electron chi connectivity index (χ2n) is 21.9. The number of hydrogen-bond donors (Lipinski definition) is 2. The standard InChI is InChI=1S/C63H117N2O7P/c1-7-10-13-16-19-22-25-28-29-30-31-32-33-34-35-38-41-44-47-50-53-56-63(67)72-61(54-51-48-45-42-39-36-26-23-20-17-14-11-8-2)60(59-71-73(68,69)70-58-57-65(4,5)6)64-62(66)55-52-49-46-43-40-37-27-24-21-18-15-12-9-3/h19,22,28-29,31-32,34-35,51,54,60-61H,7-18,20-21,23-27,30,33,36-50,52-53,55-59H2,1-6H3,(H-,64,66,68,69)/p+1/b22-19-,29-28-,32-31-,35-34-,54-51+. The molecule has 0 aromatic heterocycles. The molecule has 0 aliphatic rings. The van der Waals surface area contributed by atoms with Gasteiger partial charge in [0.2, 0.25) is 5.91 Å². The van der Waals surface area contributed by atoms with Crippen LogP contribution >= 0.6 is 7.82 Å². The third kappa shape index (κ3) is 54.3. The molecule has 0 aliphatic heterocycles. The van der Waals surface area contributed by atoms with E-state index in [0.717, 1.165) is 96.3 Å². The summed E-state index contributed by atoms with van der Waals surface area (Å²) in [6.07, 6.45) is 66.3. The first-order chi connectivity index (χ1) is 35.4. The van der Waals surface area contributed by atoms with Gasteiger partial charge in [-0.15, -0.1) is 0 Å². The monoisotopic (exact) mass is 1050 g/mol. The van der Waals surface area contributed by atoms with E-state index in [1.54, 1.807) is 0 Å². The van der Waals surface area contributed by atoms with Crippen LogP contribution in [-0.2, 0) is 27.9 Å². The quantitative estimate of drug-likeness (QED) is 0.0205. The summed E-state index contributed by atoms with van der Waals surface area (Å²) in [4.78, 5) is 37.7. The van der Waals surface area contributed by atoms with Crippen molar-refractivity contribution in [2.24, 2.45) is 0 Å². The highest BCUT2D eigenvalue weighted by Gasteiger charge is 2.30. The third-order valence-corrected chi connectivity index (χ3v) is 14.4. The van der Waals surface area contributed by atoms with Crippen LogP contribution in [0, 0.1) is 0 Å². The summed E-state index contributed by atoms with van der Waals surface area (Å²) in [7, 11) is 1.49. The number of carbonyl (C=O) groups excluding carboxylic acids is 2. The fourth-order valence-corrected chi connectivity index (χ4v) is 9.42. The molecule has 0 aromatic carbocycles. The summed E-state index contributed by atoms with van der Waals surface area (Å²) in [6, 6.07) is -0.854. The van der Waals surface area contributed by atoms with Crippen LogP contribution in [0.3, 0.4) is 0 Å². The van der Waals surface area contributed by atoms with Gasteiger partial charge in [0.15, 0.2) is 0 Å². The summed E-state index contributed by atoms with van der Waals surface area (Å²) < 4.78 is 30.7. The van der Waals surface area contributed by atoms with Gasteiger partial charge in [-0.3, -0.25) is 18.6 Å². The maximum absolute atomic E-state index is 13.5. The van der Waals surface area contributed by atoms with Crippen molar-refractivity contribution in [1.82, 2.24) is 5.32 Å². The van der Waals surface area contributed by atoms with Crippen LogP contribution in [0.15, 0.2) is 60.8 Å². The van der Waals surface area contributed by atoms with Crippen LogP contribution in [0.1, 0.15) is 278 Å². The Hall–Kier alpha value is -2.29. The predicted octanol–water partition coefficient (Wildman–Crippen LogP) is 18.7. The summed E-state index contributed by atoms with van der Waals surface area (Å²) >= 11 is 0. The summed E-state index contributed by atoms with van der Waals surface area (Å²) in [6.45, 7) is 6.98. The molecule has 0 aromatic rings. The molecule has 3 atom stereocenters. The van der Waals surface area contributed by atoms with Gasteiger partial charge in [0.05, 0.1) is 33.8 Å². The molecule has 0 rings (SSSR count). The lowest BCUT2D eigenvalue weighted by molar-refractivity contribution is -0.870. The molecular formula is C63H118N2O7P+. The number of ether oxygens (including phenoxy) is 1. The van der Waals surface area contributed by atoms with E-state index in [0.29, 0.717) is 17.4 Å². The number of esters is 1. The number of phosphoric acid groups is 1. The number of rotatable bonds is 55. The Bertz CT molecular complexity index is 1440. The molecule has 0 saturated heterocycles. The van der Waals surface area contributed by atoms with Gasteiger partial charge in [0, 0.05) is 12.8 Å². The van der Waals surface area contributed by atoms with E-state index in [1.807, 2.05) is 33.3 Å². The minimum absolute atomic E-state index is 0.0369. The zero-order valence-corrected chi connectivity index (χ0v) is 49.5. The first-order valence-corrected chi connectivity index (χ1v) is 32.1. The fraction of sp³-hybridized carbons (Fsp3) is 0.810. The summed E-state index contributed by atoms with van der Waals surface area (Å²) in [5.74, 6) is -0.520. The van der Waals surface area contributed by atoms with E-state index in [2.05, 4.69) is 74.7 Å². The Labute approximate surface area is 451 Å². The summed E-state index contributed by atoms with van der Waals surface area (Å²) in [5, 5.41) is 3.05. The highest BCUT2D eigenvalue weighted by Crippen LogP contribution is 2.43. The van der Waals surface area contributed by atoms with Crippen molar-refractivity contribution in [2.45, 2.75) is 290 Å². The molecule has 3 unspecified atom stereocenters. The van der Waals surface area contributed by atoms with Gasteiger partial charge in [-0.05, 0) is 76.7 Å². The number of nitrogens with zero attached hydrogens (tertiary/aromatic N) is 1. The zero-order chi connectivity index (χ0) is 53.6. The molecule has 0 aliphatic carbocycles. The largest absolute Gasteiger partial charge is 0.472 e. The average Bonchev–Trinajstić information content (AvgIpc) is 3.35. The number of unbranched alkanes of at least 4 members (excludes halogenated alkanes) is 31. The van der Waals surface area contributed by atoms with Crippen LogP contribution in [0.25, 0.3) is 0 Å². The van der Waals surface area contributed by atoms with E-state index < -0.39 is 20.0 Å². The predicted molar refractivity (Wildman–Crippen MR) is 314 cm³/mol. The Morgan fingerprint density at radius 1 is 0.479 bits per heavy atom. The first kappa shape index (κ1) is 70.7. The van der Waals surface area contributed by atoms with Crippen LogP contribution in [0.4, 0.5) is 0 Å². The second-order valence-corrected chi connectivity index (χ2v) is 23.3. The summed E-state index contributed by atoms with van der Waals surface area (Å²) in [5.41, 5.74) is 0. The van der Waals surface area contributed by atoms with Crippen LogP contribution in [0.5, 0.6) is 0 Å². The average molecular weight is 1050 g/mol. The maximum Gasteiger partial charge on any atom is 0.472 e.